The van der Waals surface area contributed by atoms with Crippen molar-refractivity contribution < 1.29 is 7.06 Å². The first-order valence-electron chi connectivity index (χ1n) is 47.6. The summed E-state index contributed by atoms with van der Waals surface area (Å²) in [4.78, 5) is 11.7. The van der Waals surface area contributed by atoms with E-state index >= 15 is 0 Å². The number of benzene rings is 11. The molecule has 7 aliphatic rings. The van der Waals surface area contributed by atoms with Crippen LogP contribution >= 0.6 is 0 Å². The summed E-state index contributed by atoms with van der Waals surface area (Å²) in [5.41, 5.74) is 43.1. The Kier molecular flexibility index (Phi) is 32.1. The van der Waals surface area contributed by atoms with E-state index < -0.39 is 0 Å². The Morgan fingerprint density at radius 2 is 0.411 bits per heavy atom. The van der Waals surface area contributed by atoms with Crippen molar-refractivity contribution in [3.05, 3.63) is 411 Å². The van der Waals surface area contributed by atoms with Crippen molar-refractivity contribution in [3.8, 4) is 0 Å². The summed E-state index contributed by atoms with van der Waals surface area (Å²) in [5, 5.41) is 8.65. The van der Waals surface area contributed by atoms with E-state index in [0.717, 1.165) is 45.4 Å². The number of anilines is 5. The fourth-order valence-corrected chi connectivity index (χ4v) is 20.3. The van der Waals surface area contributed by atoms with Gasteiger partial charge >= 0.3 is 0 Å². The molecule has 0 saturated heterocycles. The molecule has 5 unspecified atom stereocenters. The number of nitrogens with zero attached hydrogens (tertiary/aromatic N) is 5. The van der Waals surface area contributed by atoms with Crippen molar-refractivity contribution in [2.75, 3.05) is 24.5 Å². The highest BCUT2D eigenvalue weighted by molar-refractivity contribution is 5.78. The number of rotatable bonds is 13. The minimum atomic E-state index is -0.197. The summed E-state index contributed by atoms with van der Waals surface area (Å²) < 4.78 is 44.8. The summed E-state index contributed by atoms with van der Waals surface area (Å²) >= 11 is 0. The van der Waals surface area contributed by atoms with Gasteiger partial charge in [-0.2, -0.15) is 0 Å². The second kappa shape index (κ2) is 44.4. The fraction of sp³-hybridized carbons (Fsp3) is 0.361. The molecule has 18 rings (SSSR count). The Labute approximate surface area is 788 Å². The van der Waals surface area contributed by atoms with Gasteiger partial charge in [-0.05, 0) is 297 Å². The fourth-order valence-electron chi connectivity index (χ4n) is 20.3. The third-order valence-corrected chi connectivity index (χ3v) is 27.2. The summed E-state index contributed by atoms with van der Waals surface area (Å²) in [7, 11) is 0. The molecule has 0 aromatic heterocycles. The number of hydrogen-bond donors (Lipinski definition) is 5. The van der Waals surface area contributed by atoms with Crippen LogP contribution in [0.25, 0.3) is 5.70 Å². The molecule has 5 aliphatic heterocycles. The normalized spacial score (nSPS) is 19.1. The zero-order chi connectivity index (χ0) is 92.2. The SMILES string of the molecule is C.C.C.C.C.[2H]N1C(C)=C(C)N(c2ccccc2C)C1c1c(C)cccc1C.[2H]N1C(C)=C(C)N(c2ccccc2C)C1c1c(C)cccc1C.[2H]N1C(C2CCCC2)=C(C)N(c2ccccc2C)C1c1c(C)cccc1C.[2H]N1C(C2CCCCC2)=C(C)N(c2ccccc2C)C1c1c(C)cccc1C.[2H]N1C(c2ccccc2)=C(C)N(c2ccccc2C)C1c1c(C)cccc1C. The Bertz CT molecular complexity index is 5840. The molecule has 5 heterocycles. The molecule has 11 aromatic rings. The van der Waals surface area contributed by atoms with Gasteiger partial charge in [0.2, 0.25) is 0 Å². The highest BCUT2D eigenvalue weighted by Gasteiger charge is 2.41. The van der Waals surface area contributed by atoms with E-state index in [1.807, 2.05) is 42.7 Å². The maximum absolute atomic E-state index is 9.23. The molecular weight excluding hydrogens is 1570 g/mol. The molecule has 2 aliphatic carbocycles. The third kappa shape index (κ3) is 21.0. The van der Waals surface area contributed by atoms with Gasteiger partial charge < -0.3 is 51.0 Å². The molecule has 2 saturated carbocycles. The number of hydrogen-bond acceptors (Lipinski definition) is 10. The quantitative estimate of drug-likeness (QED) is 0.0771. The lowest BCUT2D eigenvalue weighted by atomic mass is 9.86. The molecule has 0 bridgehead atoms. The first kappa shape index (κ1) is 93.3. The van der Waals surface area contributed by atoms with E-state index in [1.165, 1.54) is 215 Å². The Morgan fingerprint density at radius 3 is 0.667 bits per heavy atom. The first-order chi connectivity index (χ1) is 61.9. The average molecular weight is 1730 g/mol. The Hall–Kier alpha value is -11.9. The summed E-state index contributed by atoms with van der Waals surface area (Å²) in [6, 6.07) is 84.7. The topological polar surface area (TPSA) is 76.3 Å². The Morgan fingerprint density at radius 1 is 0.209 bits per heavy atom. The predicted octanol–water partition coefficient (Wildman–Crippen LogP) is 31.9. The molecule has 10 heteroatoms. The van der Waals surface area contributed by atoms with Gasteiger partial charge in [-0.3, -0.25) is 0 Å². The van der Waals surface area contributed by atoms with Crippen LogP contribution in [-0.2, 0) is 0 Å². The van der Waals surface area contributed by atoms with Gasteiger partial charge in [0.25, 0.3) is 0 Å². The van der Waals surface area contributed by atoms with Crippen molar-refractivity contribution in [2.24, 2.45) is 11.8 Å². The molecule has 129 heavy (non-hydrogen) atoms. The highest BCUT2D eigenvalue weighted by Crippen LogP contribution is 2.49. The van der Waals surface area contributed by atoms with Gasteiger partial charge in [0.1, 0.15) is 30.8 Å². The number of para-hydroxylation sites is 5. The van der Waals surface area contributed by atoms with Crippen LogP contribution in [0, 0.1) is 116 Å². The van der Waals surface area contributed by atoms with Crippen LogP contribution in [0.4, 0.5) is 28.4 Å². The predicted molar refractivity (Wildman–Crippen MR) is 561 cm³/mol. The van der Waals surface area contributed by atoms with Crippen LogP contribution in [0.2, 0.25) is 7.06 Å². The van der Waals surface area contributed by atoms with Gasteiger partial charge in [-0.15, -0.1) is 0 Å². The average Bonchev–Trinajstić information content (AvgIpc) is 1.60. The van der Waals surface area contributed by atoms with Crippen LogP contribution in [0.1, 0.15) is 291 Å². The second-order valence-electron chi connectivity index (χ2n) is 35.7. The first-order valence-corrected chi connectivity index (χ1v) is 45.4. The van der Waals surface area contributed by atoms with E-state index in [2.05, 4.69) is 387 Å². The molecule has 5 N–H and O–H groups in total. The lowest BCUT2D eigenvalue weighted by Gasteiger charge is -2.32. The molecule has 11 aromatic carbocycles. The van der Waals surface area contributed by atoms with Crippen LogP contribution in [0.5, 0.6) is 0 Å². The molecule has 0 spiro atoms. The molecule has 682 valence electrons. The van der Waals surface area contributed by atoms with Crippen LogP contribution in [0.3, 0.4) is 0 Å². The summed E-state index contributed by atoms with van der Waals surface area (Å²) in [6.07, 6.45) is 10.7. The van der Waals surface area contributed by atoms with Crippen molar-refractivity contribution in [1.29, 1.82) is 0 Å². The second-order valence-corrected chi connectivity index (χ2v) is 35.7. The van der Waals surface area contributed by atoms with Crippen molar-refractivity contribution in [1.82, 2.24) is 26.5 Å². The molecule has 5 atom stereocenters. The summed E-state index contributed by atoms with van der Waals surface area (Å²) in [5.74, 6) is 1.02. The van der Waals surface area contributed by atoms with Crippen LogP contribution in [-0.4, -0.2) is 0 Å². The zero-order valence-electron chi connectivity index (χ0n) is 83.0. The zero-order valence-corrected chi connectivity index (χ0v) is 78.0. The number of aryl methyl sites for hydroxylation is 15. The lowest BCUT2D eigenvalue weighted by molar-refractivity contribution is 0.384. The monoisotopic (exact) mass is 1730 g/mol. The van der Waals surface area contributed by atoms with E-state index in [9.17, 15) is 1.41 Å². The largest absolute Gasteiger partial charge is 0.363 e. The standard InChI is InChI=1S/C25H32N2.C25H26N2.C24H30N2.2C20H24N2.5CH4/c2*1-17-11-8-9-16-22(17)27-20(4)24(21-14-6-5-7-15-21)26-25(27)23-18(2)12-10-13-19(23)3;1-16-10-5-8-15-21(16)26-19(4)23(20-13-6-7-14-20)25-24(26)22-17(2)11-9-12-18(22)3;2*1-13-9-6-7-12-18(13)22-17(5)16(4)21-20(22)19-14(2)10-8-11-15(19)3;;;;;/h8-13,16,21,25-26H,5-7,14-15H2,1-4H3;5-16,25-26H,1-4H3;5,8-12,15,20,24-25H,6-7,13-14H2,1-4H3;2*6-12,20-21H,1-5H3;5*1H4/i/hD5. The van der Waals surface area contributed by atoms with Crippen molar-refractivity contribution >= 4 is 34.1 Å². The van der Waals surface area contributed by atoms with E-state index in [0.29, 0.717) is 11.8 Å². The third-order valence-electron chi connectivity index (χ3n) is 27.2. The highest BCUT2D eigenvalue weighted by atomic mass is 15.4. The van der Waals surface area contributed by atoms with E-state index in [-0.39, 0.29) is 68.0 Å². The lowest BCUT2D eigenvalue weighted by Crippen LogP contribution is -2.31. The minimum absolute atomic E-state index is 0. The van der Waals surface area contributed by atoms with Gasteiger partial charge in [-0.25, -0.2) is 0 Å². The summed E-state index contributed by atoms with van der Waals surface area (Å²) in [6.45, 7) is 47.1. The van der Waals surface area contributed by atoms with E-state index in [1.54, 1.807) is 15.9 Å². The van der Waals surface area contributed by atoms with Gasteiger partial charge in [0, 0.05) is 119 Å². The van der Waals surface area contributed by atoms with Crippen molar-refractivity contribution in [3.63, 3.8) is 0 Å². The molecule has 0 radical (unpaired) electrons. The number of nitrogens with one attached hydrogen (secondary N) is 5. The van der Waals surface area contributed by atoms with Crippen LogP contribution in [0.15, 0.2) is 294 Å². The number of allylic oxidation sites excluding steroid dienone is 9. The maximum atomic E-state index is 9.23. The Balaban J connectivity index is 0.000000187. The van der Waals surface area contributed by atoms with Gasteiger partial charge in [0.05, 0.1) is 5.70 Å². The minimum Gasteiger partial charge on any atom is -0.363 e. The molecular formula is C119H156N10. The van der Waals surface area contributed by atoms with Crippen molar-refractivity contribution in [2.45, 2.75) is 278 Å². The maximum Gasteiger partial charge on any atom is 0.163 e. The van der Waals surface area contributed by atoms with Crippen LogP contribution < -0.4 is 51.0 Å². The van der Waals surface area contributed by atoms with Gasteiger partial charge in [-0.1, -0.05) is 282 Å². The molecule has 0 amide bonds. The molecule has 2 fully saturated rings. The molecule has 10 nitrogen and oxygen atoms in total. The smallest absolute Gasteiger partial charge is 0.163 e. The van der Waals surface area contributed by atoms with E-state index in [4.69, 9.17) is 5.65 Å². The van der Waals surface area contributed by atoms with Gasteiger partial charge in [0.15, 0.2) is 7.06 Å².